The van der Waals surface area contributed by atoms with Crippen LogP contribution in [0, 0.1) is 5.82 Å². The van der Waals surface area contributed by atoms with Crippen molar-refractivity contribution in [1.29, 1.82) is 0 Å². The molecule has 2 nitrogen and oxygen atoms in total. The van der Waals surface area contributed by atoms with Gasteiger partial charge in [0, 0.05) is 15.6 Å². The van der Waals surface area contributed by atoms with Crippen LogP contribution in [-0.2, 0) is 0 Å². The standard InChI is InChI=1S/C14H10BrFO2/c1-18-13-7-10(11(15)8-12(13)16)14(17)9-5-3-2-4-6-9/h2-8H,1H3. The van der Waals surface area contributed by atoms with Crippen LogP contribution in [-0.4, -0.2) is 12.9 Å². The zero-order valence-corrected chi connectivity index (χ0v) is 11.2. The smallest absolute Gasteiger partial charge is 0.194 e. The number of rotatable bonds is 3. The van der Waals surface area contributed by atoms with Gasteiger partial charge < -0.3 is 4.74 Å². The Hall–Kier alpha value is -1.68. The minimum atomic E-state index is -0.506. The second kappa shape index (κ2) is 5.31. The summed E-state index contributed by atoms with van der Waals surface area (Å²) in [5, 5.41) is 0. The second-order valence-corrected chi connectivity index (χ2v) is 4.52. The molecule has 2 rings (SSSR count). The molecule has 0 aliphatic rings. The topological polar surface area (TPSA) is 26.3 Å². The van der Waals surface area contributed by atoms with E-state index in [1.54, 1.807) is 24.3 Å². The molecular formula is C14H10BrFO2. The first-order chi connectivity index (χ1) is 8.63. The van der Waals surface area contributed by atoms with Gasteiger partial charge in [0.15, 0.2) is 17.3 Å². The number of carbonyl (C=O) groups is 1. The fourth-order valence-electron chi connectivity index (χ4n) is 1.60. The maximum atomic E-state index is 13.4. The SMILES string of the molecule is COc1cc(C(=O)c2ccccc2)c(Br)cc1F. The van der Waals surface area contributed by atoms with Gasteiger partial charge in [0.1, 0.15) is 0 Å². The molecular weight excluding hydrogens is 299 g/mol. The molecule has 18 heavy (non-hydrogen) atoms. The highest BCUT2D eigenvalue weighted by atomic mass is 79.9. The molecule has 0 fully saturated rings. The van der Waals surface area contributed by atoms with Crippen molar-refractivity contribution in [2.24, 2.45) is 0 Å². The Morgan fingerprint density at radius 2 is 1.89 bits per heavy atom. The average molecular weight is 309 g/mol. The maximum Gasteiger partial charge on any atom is 0.194 e. The Labute approximate surface area is 113 Å². The van der Waals surface area contributed by atoms with Crippen LogP contribution in [0.1, 0.15) is 15.9 Å². The van der Waals surface area contributed by atoms with E-state index in [2.05, 4.69) is 15.9 Å². The Morgan fingerprint density at radius 3 is 2.50 bits per heavy atom. The summed E-state index contributed by atoms with van der Waals surface area (Å²) in [7, 11) is 1.36. The van der Waals surface area contributed by atoms with E-state index in [-0.39, 0.29) is 11.5 Å². The number of carbonyl (C=O) groups excluding carboxylic acids is 1. The first-order valence-corrected chi connectivity index (χ1v) is 6.05. The highest BCUT2D eigenvalue weighted by Crippen LogP contribution is 2.27. The number of hydrogen-bond donors (Lipinski definition) is 0. The molecule has 0 N–H and O–H groups in total. The molecule has 4 heteroatoms. The van der Waals surface area contributed by atoms with Crippen molar-refractivity contribution in [3.05, 3.63) is 63.9 Å². The molecule has 0 atom stereocenters. The largest absolute Gasteiger partial charge is 0.494 e. The van der Waals surface area contributed by atoms with Crippen LogP contribution in [0.3, 0.4) is 0 Å². The molecule has 0 radical (unpaired) electrons. The monoisotopic (exact) mass is 308 g/mol. The lowest BCUT2D eigenvalue weighted by Gasteiger charge is -2.08. The van der Waals surface area contributed by atoms with Crippen LogP contribution in [0.15, 0.2) is 46.9 Å². The summed E-state index contributed by atoms with van der Waals surface area (Å²) in [6.45, 7) is 0. The molecule has 0 amide bonds. The number of halogens is 2. The summed E-state index contributed by atoms with van der Waals surface area (Å²) in [4.78, 5) is 12.2. The molecule has 0 bridgehead atoms. The first kappa shape index (κ1) is 12.8. The average Bonchev–Trinajstić information content (AvgIpc) is 2.39. The molecule has 0 saturated heterocycles. The quantitative estimate of drug-likeness (QED) is 0.806. The van der Waals surface area contributed by atoms with E-state index in [1.165, 1.54) is 19.2 Å². The molecule has 0 unspecified atom stereocenters. The summed E-state index contributed by atoms with van der Waals surface area (Å²) in [6.07, 6.45) is 0. The highest BCUT2D eigenvalue weighted by molar-refractivity contribution is 9.10. The van der Waals surface area contributed by atoms with Crippen LogP contribution in [0.2, 0.25) is 0 Å². The van der Waals surface area contributed by atoms with Gasteiger partial charge in [0.25, 0.3) is 0 Å². The Kier molecular flexibility index (Phi) is 3.77. The van der Waals surface area contributed by atoms with Gasteiger partial charge in [-0.1, -0.05) is 30.3 Å². The molecule has 0 aromatic heterocycles. The third-order valence-electron chi connectivity index (χ3n) is 2.52. The van der Waals surface area contributed by atoms with Crippen molar-refractivity contribution < 1.29 is 13.9 Å². The zero-order chi connectivity index (χ0) is 13.1. The van der Waals surface area contributed by atoms with E-state index < -0.39 is 5.82 Å². The Bertz CT molecular complexity index is 582. The molecule has 0 saturated carbocycles. The predicted molar refractivity (Wildman–Crippen MR) is 70.5 cm³/mol. The van der Waals surface area contributed by atoms with E-state index >= 15 is 0 Å². The normalized spacial score (nSPS) is 10.2. The molecule has 2 aromatic carbocycles. The summed E-state index contributed by atoms with van der Waals surface area (Å²) < 4.78 is 18.7. The molecule has 0 aliphatic heterocycles. The molecule has 0 spiro atoms. The molecule has 0 heterocycles. The van der Waals surface area contributed by atoms with Crippen molar-refractivity contribution in [2.75, 3.05) is 7.11 Å². The fourth-order valence-corrected chi connectivity index (χ4v) is 2.10. The van der Waals surface area contributed by atoms with Gasteiger partial charge in [0.05, 0.1) is 7.11 Å². The minimum Gasteiger partial charge on any atom is -0.494 e. The van der Waals surface area contributed by atoms with Crippen molar-refractivity contribution in [3.8, 4) is 5.75 Å². The summed E-state index contributed by atoms with van der Waals surface area (Å²) >= 11 is 3.19. The second-order valence-electron chi connectivity index (χ2n) is 3.66. The van der Waals surface area contributed by atoms with Gasteiger partial charge in [0.2, 0.25) is 0 Å². The minimum absolute atomic E-state index is 0.0532. The van der Waals surface area contributed by atoms with Crippen LogP contribution in [0.25, 0.3) is 0 Å². The van der Waals surface area contributed by atoms with Crippen LogP contribution < -0.4 is 4.74 Å². The summed E-state index contributed by atoms with van der Waals surface area (Å²) in [6, 6.07) is 11.4. The van der Waals surface area contributed by atoms with Crippen molar-refractivity contribution in [2.45, 2.75) is 0 Å². The highest BCUT2D eigenvalue weighted by Gasteiger charge is 2.16. The number of ether oxygens (including phenoxy) is 1. The Morgan fingerprint density at radius 1 is 1.22 bits per heavy atom. The maximum absolute atomic E-state index is 13.4. The van der Waals surface area contributed by atoms with Crippen LogP contribution >= 0.6 is 15.9 Å². The summed E-state index contributed by atoms with van der Waals surface area (Å²) in [5.41, 5.74) is 0.923. The molecule has 0 aliphatic carbocycles. The lowest BCUT2D eigenvalue weighted by molar-refractivity contribution is 0.103. The first-order valence-electron chi connectivity index (χ1n) is 5.26. The van der Waals surface area contributed by atoms with E-state index in [0.29, 0.717) is 15.6 Å². The predicted octanol–water partition coefficient (Wildman–Crippen LogP) is 3.83. The number of hydrogen-bond acceptors (Lipinski definition) is 2. The van der Waals surface area contributed by atoms with Gasteiger partial charge in [-0.15, -0.1) is 0 Å². The number of benzene rings is 2. The molecule has 92 valence electrons. The van der Waals surface area contributed by atoms with Gasteiger partial charge in [-0.3, -0.25) is 4.79 Å². The fraction of sp³-hybridized carbons (Fsp3) is 0.0714. The molecule has 2 aromatic rings. The van der Waals surface area contributed by atoms with Gasteiger partial charge in [-0.25, -0.2) is 4.39 Å². The van der Waals surface area contributed by atoms with Gasteiger partial charge in [-0.2, -0.15) is 0 Å². The third kappa shape index (κ3) is 2.43. The number of methoxy groups -OCH3 is 1. The number of ketones is 1. The van der Waals surface area contributed by atoms with Crippen LogP contribution in [0.4, 0.5) is 4.39 Å². The van der Waals surface area contributed by atoms with Crippen molar-refractivity contribution >= 4 is 21.7 Å². The summed E-state index contributed by atoms with van der Waals surface area (Å²) in [5.74, 6) is -0.632. The lowest BCUT2D eigenvalue weighted by Crippen LogP contribution is -2.03. The van der Waals surface area contributed by atoms with Crippen molar-refractivity contribution in [1.82, 2.24) is 0 Å². The van der Waals surface area contributed by atoms with Gasteiger partial charge >= 0.3 is 0 Å². The van der Waals surface area contributed by atoms with E-state index in [0.717, 1.165) is 0 Å². The van der Waals surface area contributed by atoms with E-state index in [9.17, 15) is 9.18 Å². The Balaban J connectivity index is 2.48. The third-order valence-corrected chi connectivity index (χ3v) is 3.18. The van der Waals surface area contributed by atoms with Crippen LogP contribution in [0.5, 0.6) is 5.75 Å². The zero-order valence-electron chi connectivity index (χ0n) is 9.61. The lowest BCUT2D eigenvalue weighted by atomic mass is 10.0. The van der Waals surface area contributed by atoms with E-state index in [4.69, 9.17) is 4.74 Å². The van der Waals surface area contributed by atoms with Gasteiger partial charge in [-0.05, 0) is 28.1 Å². The van der Waals surface area contributed by atoms with Crippen molar-refractivity contribution in [3.63, 3.8) is 0 Å². The van der Waals surface area contributed by atoms with E-state index in [1.807, 2.05) is 6.07 Å².